The highest BCUT2D eigenvalue weighted by atomic mass is 16.3. The molecule has 0 aliphatic heterocycles. The van der Waals surface area contributed by atoms with Gasteiger partial charge in [0.1, 0.15) is 0 Å². The van der Waals surface area contributed by atoms with Gasteiger partial charge in [0.2, 0.25) is 0 Å². The second-order valence-corrected chi connectivity index (χ2v) is 3.99. The Labute approximate surface area is 101 Å². The van der Waals surface area contributed by atoms with Crippen LogP contribution in [0.15, 0.2) is 54.6 Å². The van der Waals surface area contributed by atoms with Gasteiger partial charge in [-0.1, -0.05) is 54.6 Å². The lowest BCUT2D eigenvalue weighted by atomic mass is 10.0. The zero-order valence-corrected chi connectivity index (χ0v) is 9.63. The SMILES string of the molecule is C[C@H](O)c1ccc(C(=O)c2ccccc2)cc1. The second kappa shape index (κ2) is 4.93. The van der Waals surface area contributed by atoms with Crippen molar-refractivity contribution in [1.29, 1.82) is 0 Å². The first-order chi connectivity index (χ1) is 8.18. The summed E-state index contributed by atoms with van der Waals surface area (Å²) in [5.41, 5.74) is 2.13. The van der Waals surface area contributed by atoms with Gasteiger partial charge in [0.15, 0.2) is 5.78 Å². The largest absolute Gasteiger partial charge is 0.389 e. The van der Waals surface area contributed by atoms with Gasteiger partial charge in [0, 0.05) is 11.1 Å². The Kier molecular flexibility index (Phi) is 3.35. The number of hydrogen-bond acceptors (Lipinski definition) is 2. The van der Waals surface area contributed by atoms with E-state index in [2.05, 4.69) is 0 Å². The number of ketones is 1. The van der Waals surface area contributed by atoms with E-state index in [1.165, 1.54) is 0 Å². The van der Waals surface area contributed by atoms with E-state index in [0.29, 0.717) is 11.1 Å². The maximum Gasteiger partial charge on any atom is 0.193 e. The minimum atomic E-state index is -0.504. The molecule has 0 spiro atoms. The van der Waals surface area contributed by atoms with Crippen LogP contribution in [-0.2, 0) is 0 Å². The smallest absolute Gasteiger partial charge is 0.193 e. The summed E-state index contributed by atoms with van der Waals surface area (Å²) in [5.74, 6) is 0.00254. The molecule has 0 radical (unpaired) electrons. The fraction of sp³-hybridized carbons (Fsp3) is 0.133. The van der Waals surface area contributed by atoms with Crippen LogP contribution in [-0.4, -0.2) is 10.9 Å². The van der Waals surface area contributed by atoms with E-state index in [9.17, 15) is 9.90 Å². The third kappa shape index (κ3) is 2.60. The van der Waals surface area contributed by atoms with Crippen molar-refractivity contribution in [1.82, 2.24) is 0 Å². The molecule has 1 atom stereocenters. The van der Waals surface area contributed by atoms with Crippen molar-refractivity contribution in [2.75, 3.05) is 0 Å². The fourth-order valence-electron chi connectivity index (χ4n) is 1.67. The van der Waals surface area contributed by atoms with Crippen LogP contribution in [0.2, 0.25) is 0 Å². The molecule has 0 aliphatic carbocycles. The molecular formula is C15H14O2. The molecule has 1 N–H and O–H groups in total. The van der Waals surface area contributed by atoms with Crippen molar-refractivity contribution in [2.24, 2.45) is 0 Å². The van der Waals surface area contributed by atoms with E-state index in [-0.39, 0.29) is 5.78 Å². The molecule has 0 bridgehead atoms. The molecule has 0 saturated carbocycles. The normalized spacial score (nSPS) is 12.1. The molecule has 0 aromatic heterocycles. The Morgan fingerprint density at radius 1 is 0.941 bits per heavy atom. The molecule has 2 rings (SSSR count). The second-order valence-electron chi connectivity index (χ2n) is 3.99. The molecule has 0 aliphatic rings. The number of aliphatic hydroxyl groups excluding tert-OH is 1. The summed E-state index contributed by atoms with van der Waals surface area (Å²) in [6.45, 7) is 1.70. The van der Waals surface area contributed by atoms with Gasteiger partial charge in [-0.25, -0.2) is 0 Å². The summed E-state index contributed by atoms with van der Waals surface area (Å²) in [4.78, 5) is 12.1. The zero-order valence-electron chi connectivity index (χ0n) is 9.63. The quantitative estimate of drug-likeness (QED) is 0.817. The van der Waals surface area contributed by atoms with Crippen molar-refractivity contribution in [3.05, 3.63) is 71.3 Å². The number of carbonyl (C=O) groups excluding carboxylic acids is 1. The summed E-state index contributed by atoms with van der Waals surface area (Å²) in [7, 11) is 0. The fourth-order valence-corrected chi connectivity index (χ4v) is 1.67. The number of rotatable bonds is 3. The van der Waals surface area contributed by atoms with Gasteiger partial charge in [-0.2, -0.15) is 0 Å². The van der Waals surface area contributed by atoms with E-state index >= 15 is 0 Å². The van der Waals surface area contributed by atoms with Gasteiger partial charge in [0.05, 0.1) is 6.10 Å². The summed E-state index contributed by atoms with van der Waals surface area (Å²) in [6.07, 6.45) is -0.504. The maximum atomic E-state index is 12.1. The lowest BCUT2D eigenvalue weighted by Crippen LogP contribution is -2.01. The predicted molar refractivity (Wildman–Crippen MR) is 67.0 cm³/mol. The number of carbonyl (C=O) groups is 1. The van der Waals surface area contributed by atoms with Gasteiger partial charge in [-0.15, -0.1) is 0 Å². The van der Waals surface area contributed by atoms with E-state index < -0.39 is 6.10 Å². The summed E-state index contributed by atoms with van der Waals surface area (Å²) >= 11 is 0. The van der Waals surface area contributed by atoms with Crippen LogP contribution >= 0.6 is 0 Å². The Hall–Kier alpha value is -1.93. The molecule has 17 heavy (non-hydrogen) atoms. The average molecular weight is 226 g/mol. The van der Waals surface area contributed by atoms with Crippen LogP contribution < -0.4 is 0 Å². The monoisotopic (exact) mass is 226 g/mol. The molecule has 0 fully saturated rings. The summed E-state index contributed by atoms with van der Waals surface area (Å²) < 4.78 is 0. The Morgan fingerprint density at radius 3 is 2.00 bits per heavy atom. The molecule has 0 unspecified atom stereocenters. The van der Waals surface area contributed by atoms with Crippen molar-refractivity contribution >= 4 is 5.78 Å². The highest BCUT2D eigenvalue weighted by molar-refractivity contribution is 6.08. The number of aliphatic hydroxyl groups is 1. The van der Waals surface area contributed by atoms with Crippen molar-refractivity contribution in [3.63, 3.8) is 0 Å². The maximum absolute atomic E-state index is 12.1. The van der Waals surface area contributed by atoms with Crippen LogP contribution in [0.3, 0.4) is 0 Å². The van der Waals surface area contributed by atoms with Gasteiger partial charge in [-0.3, -0.25) is 4.79 Å². The minimum Gasteiger partial charge on any atom is -0.389 e. The Bertz CT molecular complexity index is 498. The van der Waals surface area contributed by atoms with Crippen molar-refractivity contribution < 1.29 is 9.90 Å². The lowest BCUT2D eigenvalue weighted by Gasteiger charge is -2.05. The molecule has 2 nitrogen and oxygen atoms in total. The molecule has 0 saturated heterocycles. The first kappa shape index (κ1) is 11.6. The first-order valence-electron chi connectivity index (χ1n) is 5.56. The molecular weight excluding hydrogens is 212 g/mol. The summed E-state index contributed by atoms with van der Waals surface area (Å²) in [5, 5.41) is 9.39. The average Bonchev–Trinajstić information content (AvgIpc) is 2.39. The molecule has 0 heterocycles. The van der Waals surface area contributed by atoms with E-state index in [1.54, 1.807) is 43.3 Å². The van der Waals surface area contributed by atoms with E-state index in [4.69, 9.17) is 0 Å². The van der Waals surface area contributed by atoms with Gasteiger partial charge >= 0.3 is 0 Å². The first-order valence-corrected chi connectivity index (χ1v) is 5.56. The van der Waals surface area contributed by atoms with Crippen LogP contribution in [0.4, 0.5) is 0 Å². The Balaban J connectivity index is 2.27. The topological polar surface area (TPSA) is 37.3 Å². The summed E-state index contributed by atoms with van der Waals surface area (Å²) in [6, 6.07) is 16.2. The molecule has 2 heteroatoms. The van der Waals surface area contributed by atoms with Crippen LogP contribution in [0.1, 0.15) is 34.5 Å². The van der Waals surface area contributed by atoms with Crippen LogP contribution in [0.5, 0.6) is 0 Å². The number of hydrogen-bond donors (Lipinski definition) is 1. The molecule has 2 aromatic rings. The number of benzene rings is 2. The standard InChI is InChI=1S/C15H14O2/c1-11(16)12-7-9-14(10-8-12)15(17)13-5-3-2-4-6-13/h2-11,16H,1H3/t11-/m0/s1. The minimum absolute atomic E-state index is 0.00254. The van der Waals surface area contributed by atoms with E-state index in [0.717, 1.165) is 5.56 Å². The third-order valence-electron chi connectivity index (χ3n) is 2.69. The van der Waals surface area contributed by atoms with Crippen LogP contribution in [0.25, 0.3) is 0 Å². The van der Waals surface area contributed by atoms with Crippen LogP contribution in [0, 0.1) is 0 Å². The van der Waals surface area contributed by atoms with Crippen molar-refractivity contribution in [3.8, 4) is 0 Å². The zero-order chi connectivity index (χ0) is 12.3. The highest BCUT2D eigenvalue weighted by Gasteiger charge is 2.08. The molecule has 0 amide bonds. The third-order valence-corrected chi connectivity index (χ3v) is 2.69. The van der Waals surface area contributed by atoms with Gasteiger partial charge < -0.3 is 5.11 Å². The lowest BCUT2D eigenvalue weighted by molar-refractivity contribution is 0.103. The molecule has 2 aromatic carbocycles. The molecule has 86 valence electrons. The predicted octanol–water partition coefficient (Wildman–Crippen LogP) is 2.97. The van der Waals surface area contributed by atoms with E-state index in [1.807, 2.05) is 18.2 Å². The van der Waals surface area contributed by atoms with Gasteiger partial charge in [-0.05, 0) is 12.5 Å². The van der Waals surface area contributed by atoms with Gasteiger partial charge in [0.25, 0.3) is 0 Å². The van der Waals surface area contributed by atoms with Crippen molar-refractivity contribution in [2.45, 2.75) is 13.0 Å². The highest BCUT2D eigenvalue weighted by Crippen LogP contribution is 2.15. The Morgan fingerprint density at radius 2 is 1.47 bits per heavy atom.